The van der Waals surface area contributed by atoms with Crippen LogP contribution < -0.4 is 5.73 Å². The molecular weight excluding hydrogens is 242 g/mol. The number of aromatic nitrogens is 1. The lowest BCUT2D eigenvalue weighted by Gasteiger charge is -2.08. The highest BCUT2D eigenvalue weighted by atomic mass is 32.2. The van der Waals surface area contributed by atoms with Gasteiger partial charge < -0.3 is 5.73 Å². The summed E-state index contributed by atoms with van der Waals surface area (Å²) in [5, 5.41) is 8.97. The molecule has 3 nitrogen and oxygen atoms in total. The third-order valence-electron chi connectivity index (χ3n) is 2.66. The molecule has 2 aromatic rings. The number of benzene rings is 1. The van der Waals surface area contributed by atoms with Gasteiger partial charge in [0.15, 0.2) is 0 Å². The van der Waals surface area contributed by atoms with E-state index in [-0.39, 0.29) is 0 Å². The molecule has 0 unspecified atom stereocenters. The van der Waals surface area contributed by atoms with Crippen molar-refractivity contribution in [3.63, 3.8) is 0 Å². The molecular formula is C14H13N3S. The molecule has 0 spiro atoms. The highest BCUT2D eigenvalue weighted by molar-refractivity contribution is 7.98. The number of hydrogen-bond acceptors (Lipinski definition) is 4. The average molecular weight is 255 g/mol. The maximum absolute atomic E-state index is 8.97. The van der Waals surface area contributed by atoms with Crippen molar-refractivity contribution in [1.29, 1.82) is 5.26 Å². The molecule has 1 heterocycles. The Morgan fingerprint density at radius 1 is 1.33 bits per heavy atom. The number of nitriles is 1. The summed E-state index contributed by atoms with van der Waals surface area (Å²) in [6.07, 6.45) is 1.63. The Morgan fingerprint density at radius 3 is 2.94 bits per heavy atom. The van der Waals surface area contributed by atoms with Gasteiger partial charge in [0, 0.05) is 22.5 Å². The van der Waals surface area contributed by atoms with Gasteiger partial charge in [0.05, 0.1) is 0 Å². The van der Waals surface area contributed by atoms with E-state index in [1.165, 1.54) is 0 Å². The molecule has 0 saturated heterocycles. The second-order valence-corrected chi connectivity index (χ2v) is 4.92. The van der Waals surface area contributed by atoms with Crippen LogP contribution in [0.15, 0.2) is 41.4 Å². The largest absolute Gasteiger partial charge is 0.398 e. The Balaban J connectivity index is 2.17. The minimum absolute atomic E-state index is 0.483. The van der Waals surface area contributed by atoms with Crippen molar-refractivity contribution in [2.75, 3.05) is 5.73 Å². The number of nitrogens with zero attached hydrogens (tertiary/aromatic N) is 2. The van der Waals surface area contributed by atoms with Crippen LogP contribution in [0.3, 0.4) is 0 Å². The van der Waals surface area contributed by atoms with Crippen LogP contribution in [0.5, 0.6) is 0 Å². The van der Waals surface area contributed by atoms with Gasteiger partial charge in [-0.05, 0) is 30.2 Å². The number of hydrogen-bond donors (Lipinski definition) is 1. The van der Waals surface area contributed by atoms with Crippen LogP contribution in [0, 0.1) is 18.3 Å². The summed E-state index contributed by atoms with van der Waals surface area (Å²) in [7, 11) is 0. The smallest absolute Gasteiger partial charge is 0.144 e. The minimum Gasteiger partial charge on any atom is -0.398 e. The van der Waals surface area contributed by atoms with Gasteiger partial charge >= 0.3 is 0 Å². The van der Waals surface area contributed by atoms with E-state index in [0.29, 0.717) is 11.4 Å². The summed E-state index contributed by atoms with van der Waals surface area (Å²) in [5.74, 6) is 0.699. The molecule has 0 bridgehead atoms. The average Bonchev–Trinajstić information content (AvgIpc) is 2.41. The van der Waals surface area contributed by atoms with Crippen molar-refractivity contribution in [2.45, 2.75) is 17.6 Å². The van der Waals surface area contributed by atoms with E-state index in [9.17, 15) is 0 Å². The normalized spacial score (nSPS) is 10.0. The van der Waals surface area contributed by atoms with Gasteiger partial charge in [0.25, 0.3) is 0 Å². The molecule has 0 radical (unpaired) electrons. The van der Waals surface area contributed by atoms with Gasteiger partial charge in [-0.1, -0.05) is 18.2 Å². The van der Waals surface area contributed by atoms with E-state index in [1.54, 1.807) is 18.0 Å². The standard InChI is InChI=1S/C14H13N3S/c1-10-4-2-6-13(14(10)16)18-9-11-5-3-7-17-12(11)8-15/h2-7H,9,16H2,1H3. The molecule has 0 fully saturated rings. The molecule has 2 N–H and O–H groups in total. The Hall–Kier alpha value is -1.99. The van der Waals surface area contributed by atoms with Gasteiger partial charge in [0.2, 0.25) is 0 Å². The summed E-state index contributed by atoms with van der Waals surface area (Å²) >= 11 is 1.63. The Bertz CT molecular complexity index is 602. The van der Waals surface area contributed by atoms with Crippen LogP contribution in [0.1, 0.15) is 16.8 Å². The number of para-hydroxylation sites is 1. The zero-order chi connectivity index (χ0) is 13.0. The number of thioether (sulfide) groups is 1. The summed E-state index contributed by atoms with van der Waals surface area (Å²) in [4.78, 5) is 5.09. The van der Waals surface area contributed by atoms with Crippen LogP contribution in [-0.4, -0.2) is 4.98 Å². The van der Waals surface area contributed by atoms with Crippen LogP contribution in [0.2, 0.25) is 0 Å². The molecule has 0 atom stereocenters. The van der Waals surface area contributed by atoms with Crippen molar-refractivity contribution in [1.82, 2.24) is 4.98 Å². The van der Waals surface area contributed by atoms with Crippen LogP contribution in [-0.2, 0) is 5.75 Å². The maximum Gasteiger partial charge on any atom is 0.144 e. The van der Waals surface area contributed by atoms with Crippen LogP contribution >= 0.6 is 11.8 Å². The Labute approximate surface area is 111 Å². The molecule has 4 heteroatoms. The number of rotatable bonds is 3. The fourth-order valence-electron chi connectivity index (χ4n) is 1.59. The summed E-state index contributed by atoms with van der Waals surface area (Å²) in [6.45, 7) is 1.99. The highest BCUT2D eigenvalue weighted by Gasteiger charge is 2.06. The SMILES string of the molecule is Cc1cccc(SCc2cccnc2C#N)c1N. The lowest BCUT2D eigenvalue weighted by Crippen LogP contribution is -1.94. The van der Waals surface area contributed by atoms with E-state index in [1.807, 2.05) is 37.3 Å². The van der Waals surface area contributed by atoms with Crippen molar-refractivity contribution < 1.29 is 0 Å². The Morgan fingerprint density at radius 2 is 2.17 bits per heavy atom. The molecule has 0 amide bonds. The van der Waals surface area contributed by atoms with E-state index in [4.69, 9.17) is 11.0 Å². The number of nitrogens with two attached hydrogens (primary N) is 1. The van der Waals surface area contributed by atoms with E-state index < -0.39 is 0 Å². The molecule has 1 aromatic carbocycles. The van der Waals surface area contributed by atoms with E-state index in [0.717, 1.165) is 21.7 Å². The van der Waals surface area contributed by atoms with Gasteiger partial charge in [-0.25, -0.2) is 4.98 Å². The first-order valence-corrected chi connectivity index (χ1v) is 6.53. The van der Waals surface area contributed by atoms with Gasteiger partial charge in [-0.15, -0.1) is 11.8 Å². The van der Waals surface area contributed by atoms with E-state index in [2.05, 4.69) is 11.1 Å². The predicted octanol–water partition coefficient (Wildman–Crippen LogP) is 3.14. The first-order valence-electron chi connectivity index (χ1n) is 5.54. The number of aryl methyl sites for hydroxylation is 1. The Kier molecular flexibility index (Phi) is 3.85. The van der Waals surface area contributed by atoms with Crippen molar-refractivity contribution in [2.24, 2.45) is 0 Å². The van der Waals surface area contributed by atoms with E-state index >= 15 is 0 Å². The van der Waals surface area contributed by atoms with Crippen molar-refractivity contribution in [3.05, 3.63) is 53.3 Å². The summed E-state index contributed by atoms with van der Waals surface area (Å²) < 4.78 is 0. The third-order valence-corrected chi connectivity index (χ3v) is 3.79. The predicted molar refractivity (Wildman–Crippen MR) is 74.1 cm³/mol. The monoisotopic (exact) mass is 255 g/mol. The maximum atomic E-state index is 8.97. The number of pyridine rings is 1. The van der Waals surface area contributed by atoms with Gasteiger partial charge in [-0.2, -0.15) is 5.26 Å². The van der Waals surface area contributed by atoms with Gasteiger partial charge in [-0.3, -0.25) is 0 Å². The quantitative estimate of drug-likeness (QED) is 0.676. The molecule has 0 aliphatic carbocycles. The lowest BCUT2D eigenvalue weighted by molar-refractivity contribution is 1.19. The molecule has 1 aromatic heterocycles. The summed E-state index contributed by atoms with van der Waals surface area (Å²) in [5.41, 5.74) is 9.32. The molecule has 18 heavy (non-hydrogen) atoms. The third kappa shape index (κ3) is 2.63. The van der Waals surface area contributed by atoms with Crippen LogP contribution in [0.25, 0.3) is 0 Å². The van der Waals surface area contributed by atoms with Gasteiger partial charge in [0.1, 0.15) is 11.8 Å². The number of nitrogen functional groups attached to an aromatic ring is 1. The minimum atomic E-state index is 0.483. The first kappa shape index (κ1) is 12.5. The van der Waals surface area contributed by atoms with Crippen molar-refractivity contribution >= 4 is 17.4 Å². The number of anilines is 1. The van der Waals surface area contributed by atoms with Crippen LogP contribution in [0.4, 0.5) is 5.69 Å². The molecule has 0 aliphatic heterocycles. The zero-order valence-electron chi connectivity index (χ0n) is 10.1. The highest BCUT2D eigenvalue weighted by Crippen LogP contribution is 2.30. The molecule has 90 valence electrons. The molecule has 0 saturated carbocycles. The first-order chi connectivity index (χ1) is 8.72. The second kappa shape index (κ2) is 5.56. The summed E-state index contributed by atoms with van der Waals surface area (Å²) in [6, 6.07) is 11.8. The topological polar surface area (TPSA) is 62.7 Å². The zero-order valence-corrected chi connectivity index (χ0v) is 10.9. The van der Waals surface area contributed by atoms with Crippen molar-refractivity contribution in [3.8, 4) is 6.07 Å². The molecule has 0 aliphatic rings. The fraction of sp³-hybridized carbons (Fsp3) is 0.143. The second-order valence-electron chi connectivity index (χ2n) is 3.90. The fourth-order valence-corrected chi connectivity index (χ4v) is 2.63. The molecule has 2 rings (SSSR count). The lowest BCUT2D eigenvalue weighted by atomic mass is 10.2.